The van der Waals surface area contributed by atoms with E-state index in [0.29, 0.717) is 16.8 Å². The Balaban J connectivity index is 0.00000176. The molecule has 1 aromatic heterocycles. The van der Waals surface area contributed by atoms with Crippen LogP contribution in [0.1, 0.15) is 5.56 Å². The van der Waals surface area contributed by atoms with Gasteiger partial charge in [0.1, 0.15) is 11.6 Å². The molecule has 3 aromatic rings. The van der Waals surface area contributed by atoms with Crippen LogP contribution in [0.2, 0.25) is 0 Å². The number of nitrogens with two attached hydrogens (primary N) is 1. The van der Waals surface area contributed by atoms with E-state index >= 15 is 0 Å². The van der Waals surface area contributed by atoms with E-state index in [4.69, 9.17) is 5.73 Å². The first-order chi connectivity index (χ1) is 10.2. The van der Waals surface area contributed by atoms with Crippen molar-refractivity contribution in [3.63, 3.8) is 0 Å². The fraction of sp³-hybridized carbons (Fsp3) is 0.0625. The molecule has 0 amide bonds. The van der Waals surface area contributed by atoms with Crippen molar-refractivity contribution in [3.05, 3.63) is 72.1 Å². The average molecular weight is 322 g/mol. The Hall–Kier alpha value is -2.24. The van der Waals surface area contributed by atoms with Gasteiger partial charge in [-0.3, -0.25) is 0 Å². The smallest absolute Gasteiger partial charge is 0.125 e. The molecule has 0 aliphatic heterocycles. The zero-order chi connectivity index (χ0) is 14.8. The summed E-state index contributed by atoms with van der Waals surface area (Å²) >= 11 is 0. The second-order valence-corrected chi connectivity index (χ2v) is 4.71. The van der Waals surface area contributed by atoms with E-state index in [1.54, 1.807) is 29.2 Å². The molecule has 0 aliphatic carbocycles. The van der Waals surface area contributed by atoms with Crippen LogP contribution in [0.5, 0.6) is 0 Å². The molecule has 0 spiro atoms. The van der Waals surface area contributed by atoms with Crippen LogP contribution in [0.15, 0.2) is 54.9 Å². The normalized spacial score (nSPS) is 10.3. The summed E-state index contributed by atoms with van der Waals surface area (Å²) in [5.41, 5.74) is 8.31. The number of nitrogens with zero attached hydrogens (tertiary/aromatic N) is 2. The third-order valence-corrected chi connectivity index (χ3v) is 3.18. The maximum atomic E-state index is 13.6. The molecule has 22 heavy (non-hydrogen) atoms. The van der Waals surface area contributed by atoms with Crippen LogP contribution in [0.3, 0.4) is 0 Å². The maximum absolute atomic E-state index is 13.6. The highest BCUT2D eigenvalue weighted by atomic mass is 35.5. The predicted octanol–water partition coefficient (Wildman–Crippen LogP) is 3.70. The Kier molecular flexibility index (Phi) is 4.90. The summed E-state index contributed by atoms with van der Waals surface area (Å²) in [7, 11) is 0. The van der Waals surface area contributed by atoms with E-state index < -0.39 is 0 Å². The summed E-state index contributed by atoms with van der Waals surface area (Å²) in [5.74, 6) is -0.674. The van der Waals surface area contributed by atoms with Crippen LogP contribution in [-0.4, -0.2) is 9.78 Å². The van der Waals surface area contributed by atoms with Gasteiger partial charge in [0.25, 0.3) is 0 Å². The van der Waals surface area contributed by atoms with Crippen molar-refractivity contribution in [3.8, 4) is 16.8 Å². The fourth-order valence-corrected chi connectivity index (χ4v) is 2.17. The van der Waals surface area contributed by atoms with Crippen molar-refractivity contribution in [2.24, 2.45) is 5.73 Å². The first-order valence-electron chi connectivity index (χ1n) is 6.46. The summed E-state index contributed by atoms with van der Waals surface area (Å²) in [6.45, 7) is 0.267. The van der Waals surface area contributed by atoms with E-state index in [1.165, 1.54) is 24.3 Å². The number of rotatable bonds is 3. The van der Waals surface area contributed by atoms with E-state index in [9.17, 15) is 8.78 Å². The Labute approximate surface area is 132 Å². The quantitative estimate of drug-likeness (QED) is 0.799. The number of aromatic nitrogens is 2. The fourth-order valence-electron chi connectivity index (χ4n) is 2.17. The molecule has 0 radical (unpaired) electrons. The third-order valence-electron chi connectivity index (χ3n) is 3.18. The molecular weight excluding hydrogens is 308 g/mol. The molecule has 0 unspecified atom stereocenters. The van der Waals surface area contributed by atoms with E-state index in [2.05, 4.69) is 5.10 Å². The lowest BCUT2D eigenvalue weighted by Gasteiger charge is -2.03. The molecule has 2 aromatic carbocycles. The van der Waals surface area contributed by atoms with Gasteiger partial charge in [0.15, 0.2) is 0 Å². The van der Waals surface area contributed by atoms with Gasteiger partial charge in [0, 0.05) is 18.3 Å². The third kappa shape index (κ3) is 3.32. The highest BCUT2D eigenvalue weighted by Gasteiger charge is 2.07. The predicted molar refractivity (Wildman–Crippen MR) is 84.1 cm³/mol. The highest BCUT2D eigenvalue weighted by Crippen LogP contribution is 2.23. The van der Waals surface area contributed by atoms with Crippen LogP contribution in [0.4, 0.5) is 8.78 Å². The van der Waals surface area contributed by atoms with Gasteiger partial charge in [0.05, 0.1) is 11.9 Å². The molecule has 114 valence electrons. The minimum atomic E-state index is -0.341. The van der Waals surface area contributed by atoms with Crippen molar-refractivity contribution in [1.82, 2.24) is 9.78 Å². The average Bonchev–Trinajstić information content (AvgIpc) is 2.96. The lowest BCUT2D eigenvalue weighted by atomic mass is 10.1. The molecule has 3 nitrogen and oxygen atoms in total. The Morgan fingerprint density at radius 1 is 1.00 bits per heavy atom. The van der Waals surface area contributed by atoms with Gasteiger partial charge in [-0.05, 0) is 47.5 Å². The monoisotopic (exact) mass is 321 g/mol. The maximum Gasteiger partial charge on any atom is 0.125 e. The molecule has 3 rings (SSSR count). The van der Waals surface area contributed by atoms with Crippen molar-refractivity contribution in [2.45, 2.75) is 6.54 Å². The van der Waals surface area contributed by atoms with Gasteiger partial charge >= 0.3 is 0 Å². The summed E-state index contributed by atoms with van der Waals surface area (Å²) in [6, 6.07) is 10.8. The second kappa shape index (κ2) is 6.68. The standard InChI is InChI=1S/C16H13F2N3.ClH/c17-14-2-1-3-16(7-14)21-10-13(9-20-21)12-4-11(8-19)5-15(18)6-12;/h1-7,9-10H,8,19H2;1H. The summed E-state index contributed by atoms with van der Waals surface area (Å²) in [4.78, 5) is 0. The second-order valence-electron chi connectivity index (χ2n) is 4.71. The van der Waals surface area contributed by atoms with E-state index in [0.717, 1.165) is 5.56 Å². The molecule has 0 saturated heterocycles. The summed E-state index contributed by atoms with van der Waals surface area (Å²) in [5, 5.41) is 4.19. The van der Waals surface area contributed by atoms with Crippen LogP contribution in [0.25, 0.3) is 16.8 Å². The highest BCUT2D eigenvalue weighted by molar-refractivity contribution is 5.85. The van der Waals surface area contributed by atoms with E-state index in [1.807, 2.05) is 6.07 Å². The summed E-state index contributed by atoms with van der Waals surface area (Å²) in [6.07, 6.45) is 3.34. The van der Waals surface area contributed by atoms with Crippen molar-refractivity contribution in [1.29, 1.82) is 0 Å². The molecule has 0 fully saturated rings. The van der Waals surface area contributed by atoms with Crippen LogP contribution in [0, 0.1) is 11.6 Å². The number of hydrogen-bond acceptors (Lipinski definition) is 2. The Bertz CT molecular complexity index is 787. The van der Waals surface area contributed by atoms with Gasteiger partial charge in [-0.15, -0.1) is 12.4 Å². The minimum Gasteiger partial charge on any atom is -0.326 e. The molecule has 0 saturated carbocycles. The van der Waals surface area contributed by atoms with Crippen molar-refractivity contribution in [2.75, 3.05) is 0 Å². The van der Waals surface area contributed by atoms with Gasteiger partial charge in [-0.1, -0.05) is 6.07 Å². The van der Waals surface area contributed by atoms with Crippen molar-refractivity contribution >= 4 is 12.4 Å². The van der Waals surface area contributed by atoms with Crippen LogP contribution in [-0.2, 0) is 6.54 Å². The van der Waals surface area contributed by atoms with E-state index in [-0.39, 0.29) is 30.6 Å². The van der Waals surface area contributed by atoms with Crippen LogP contribution >= 0.6 is 12.4 Å². The minimum absolute atomic E-state index is 0. The Morgan fingerprint density at radius 3 is 2.55 bits per heavy atom. The largest absolute Gasteiger partial charge is 0.326 e. The molecule has 2 N–H and O–H groups in total. The molecular formula is C16H14ClF2N3. The topological polar surface area (TPSA) is 43.8 Å². The van der Waals surface area contributed by atoms with Gasteiger partial charge < -0.3 is 5.73 Å². The SMILES string of the molecule is Cl.NCc1cc(F)cc(-c2cnn(-c3cccc(F)c3)c2)c1. The first-order valence-corrected chi connectivity index (χ1v) is 6.46. The number of benzene rings is 2. The van der Waals surface area contributed by atoms with Gasteiger partial charge in [-0.25, -0.2) is 13.5 Å². The lowest BCUT2D eigenvalue weighted by Crippen LogP contribution is -1.97. The lowest BCUT2D eigenvalue weighted by molar-refractivity contribution is 0.625. The zero-order valence-corrected chi connectivity index (χ0v) is 12.4. The van der Waals surface area contributed by atoms with Gasteiger partial charge in [0.2, 0.25) is 0 Å². The molecule has 0 atom stereocenters. The molecule has 0 aliphatic rings. The van der Waals surface area contributed by atoms with Gasteiger partial charge in [-0.2, -0.15) is 5.10 Å². The Morgan fingerprint density at radius 2 is 1.82 bits per heavy atom. The molecule has 1 heterocycles. The van der Waals surface area contributed by atoms with Crippen molar-refractivity contribution < 1.29 is 8.78 Å². The molecule has 6 heteroatoms. The number of halogens is 3. The first kappa shape index (κ1) is 16.1. The molecule has 0 bridgehead atoms. The number of hydrogen-bond donors (Lipinski definition) is 1. The zero-order valence-electron chi connectivity index (χ0n) is 11.5. The van der Waals surface area contributed by atoms with Crippen LogP contribution < -0.4 is 5.73 Å². The summed E-state index contributed by atoms with van der Waals surface area (Å²) < 4.78 is 28.3.